The number of benzene rings is 1. The fourth-order valence-corrected chi connectivity index (χ4v) is 3.63. The molecule has 8 heteroatoms. The molecule has 0 saturated carbocycles. The van der Waals surface area contributed by atoms with Gasteiger partial charge >= 0.3 is 0 Å². The Morgan fingerprint density at radius 2 is 2.33 bits per heavy atom. The Morgan fingerprint density at radius 3 is 3.00 bits per heavy atom. The molecule has 1 heterocycles. The molecule has 1 fully saturated rings. The minimum atomic E-state index is -3.03. The summed E-state index contributed by atoms with van der Waals surface area (Å²) in [5.41, 5.74) is 0.511. The Morgan fingerprint density at radius 1 is 1.52 bits per heavy atom. The number of halogens is 1. The zero-order valence-corrected chi connectivity index (χ0v) is 12.0. The van der Waals surface area contributed by atoms with Crippen molar-refractivity contribution in [2.75, 3.05) is 18.1 Å². The highest BCUT2D eigenvalue weighted by molar-refractivity contribution is 7.91. The van der Waals surface area contributed by atoms with Gasteiger partial charge in [0, 0.05) is 6.04 Å². The van der Waals surface area contributed by atoms with Gasteiger partial charge in [0.15, 0.2) is 16.4 Å². The first kappa shape index (κ1) is 15.4. The number of hydrogen-bond donors (Lipinski definition) is 1. The van der Waals surface area contributed by atoms with Crippen LogP contribution in [-0.4, -0.2) is 44.7 Å². The topological polar surface area (TPSA) is 84.8 Å². The predicted molar refractivity (Wildman–Crippen MR) is 75.1 cm³/mol. The van der Waals surface area contributed by atoms with Gasteiger partial charge in [-0.15, -0.1) is 0 Å². The number of amides is 1. The van der Waals surface area contributed by atoms with E-state index < -0.39 is 15.7 Å². The van der Waals surface area contributed by atoms with Crippen molar-refractivity contribution in [1.29, 1.82) is 0 Å². The standard InChI is InChI=1S/C13H15FN2O4S/c14-11-3-1-2-10(6-11)7-15-20-8-13(17)16-12-4-5-21(18,19)9-12/h1-3,6-7,12H,4-5,8-9H2,(H,16,17)/b15-7-/t12-/m1/s1. The Balaban J connectivity index is 1.72. The van der Waals surface area contributed by atoms with Crippen LogP contribution in [0.5, 0.6) is 0 Å². The molecule has 1 N–H and O–H groups in total. The molecule has 0 radical (unpaired) electrons. The molecule has 0 aromatic heterocycles. The third-order valence-electron chi connectivity index (χ3n) is 2.92. The Bertz CT molecular complexity index is 645. The van der Waals surface area contributed by atoms with Crippen molar-refractivity contribution in [3.05, 3.63) is 35.6 Å². The molecular weight excluding hydrogens is 299 g/mol. The van der Waals surface area contributed by atoms with E-state index in [4.69, 9.17) is 4.84 Å². The molecule has 0 bridgehead atoms. The highest BCUT2D eigenvalue weighted by atomic mass is 32.2. The summed E-state index contributed by atoms with van der Waals surface area (Å²) < 4.78 is 35.3. The van der Waals surface area contributed by atoms with Crippen LogP contribution in [-0.2, 0) is 19.5 Å². The van der Waals surface area contributed by atoms with E-state index in [1.807, 2.05) is 0 Å². The SMILES string of the molecule is O=C(CO/N=C\c1cccc(F)c1)N[C@@H]1CCS(=O)(=O)C1. The number of rotatable bonds is 5. The number of nitrogens with zero attached hydrogens (tertiary/aromatic N) is 1. The first-order chi connectivity index (χ1) is 9.94. The van der Waals surface area contributed by atoms with Gasteiger partial charge in [-0.05, 0) is 24.1 Å². The van der Waals surface area contributed by atoms with Crippen molar-refractivity contribution in [3.8, 4) is 0 Å². The minimum Gasteiger partial charge on any atom is -0.386 e. The highest BCUT2D eigenvalue weighted by Crippen LogP contribution is 2.10. The van der Waals surface area contributed by atoms with E-state index in [0.717, 1.165) is 0 Å². The number of oxime groups is 1. The van der Waals surface area contributed by atoms with E-state index in [2.05, 4.69) is 10.5 Å². The molecule has 1 atom stereocenters. The second-order valence-electron chi connectivity index (χ2n) is 4.73. The fraction of sp³-hybridized carbons (Fsp3) is 0.385. The first-order valence-corrected chi connectivity index (χ1v) is 8.17. The lowest BCUT2D eigenvalue weighted by atomic mass is 10.2. The van der Waals surface area contributed by atoms with Crippen LogP contribution in [0.3, 0.4) is 0 Å². The number of nitrogens with one attached hydrogen (secondary N) is 1. The fourth-order valence-electron chi connectivity index (χ4n) is 1.96. The zero-order chi connectivity index (χ0) is 15.3. The molecule has 0 spiro atoms. The van der Waals surface area contributed by atoms with E-state index in [1.165, 1.54) is 24.4 Å². The van der Waals surface area contributed by atoms with E-state index in [9.17, 15) is 17.6 Å². The zero-order valence-electron chi connectivity index (χ0n) is 11.2. The van der Waals surface area contributed by atoms with Crippen molar-refractivity contribution >= 4 is 22.0 Å². The van der Waals surface area contributed by atoms with Gasteiger partial charge in [0.05, 0.1) is 17.7 Å². The molecule has 21 heavy (non-hydrogen) atoms. The smallest absolute Gasteiger partial charge is 0.261 e. The number of carbonyl (C=O) groups excluding carboxylic acids is 1. The quantitative estimate of drug-likeness (QED) is 0.633. The molecule has 1 saturated heterocycles. The van der Waals surface area contributed by atoms with Crippen molar-refractivity contribution in [1.82, 2.24) is 5.32 Å². The largest absolute Gasteiger partial charge is 0.386 e. The molecule has 0 unspecified atom stereocenters. The van der Waals surface area contributed by atoms with Crippen LogP contribution in [0.4, 0.5) is 4.39 Å². The summed E-state index contributed by atoms with van der Waals surface area (Å²) >= 11 is 0. The number of carbonyl (C=O) groups is 1. The summed E-state index contributed by atoms with van der Waals surface area (Å²) in [5.74, 6) is -0.769. The van der Waals surface area contributed by atoms with Crippen LogP contribution in [0.15, 0.2) is 29.4 Å². The lowest BCUT2D eigenvalue weighted by molar-refractivity contribution is -0.126. The molecule has 2 rings (SSSR count). The van der Waals surface area contributed by atoms with E-state index in [1.54, 1.807) is 6.07 Å². The summed E-state index contributed by atoms with van der Waals surface area (Å²) in [6.07, 6.45) is 1.71. The molecule has 6 nitrogen and oxygen atoms in total. The highest BCUT2D eigenvalue weighted by Gasteiger charge is 2.28. The van der Waals surface area contributed by atoms with Gasteiger partial charge in [0.1, 0.15) is 5.82 Å². The first-order valence-electron chi connectivity index (χ1n) is 6.35. The van der Waals surface area contributed by atoms with Crippen molar-refractivity contribution in [3.63, 3.8) is 0 Å². The maximum absolute atomic E-state index is 12.9. The van der Waals surface area contributed by atoms with Gasteiger partial charge in [-0.25, -0.2) is 12.8 Å². The van der Waals surface area contributed by atoms with Gasteiger partial charge < -0.3 is 10.2 Å². The van der Waals surface area contributed by atoms with Crippen LogP contribution in [0.1, 0.15) is 12.0 Å². The Kier molecular flexibility index (Phi) is 4.89. The van der Waals surface area contributed by atoms with Gasteiger partial charge in [-0.1, -0.05) is 17.3 Å². The van der Waals surface area contributed by atoms with Crippen LogP contribution in [0.25, 0.3) is 0 Å². The second kappa shape index (κ2) is 6.66. The molecule has 0 aliphatic carbocycles. The van der Waals surface area contributed by atoms with Crippen LogP contribution in [0, 0.1) is 5.82 Å². The van der Waals surface area contributed by atoms with Crippen molar-refractivity contribution in [2.45, 2.75) is 12.5 Å². The van der Waals surface area contributed by atoms with E-state index in [-0.39, 0.29) is 30.0 Å². The lowest BCUT2D eigenvalue weighted by Gasteiger charge is -2.09. The normalized spacial score (nSPS) is 20.5. The summed E-state index contributed by atoms with van der Waals surface area (Å²) in [6.45, 7) is -0.317. The second-order valence-corrected chi connectivity index (χ2v) is 6.96. The van der Waals surface area contributed by atoms with Gasteiger partial charge in [-0.3, -0.25) is 4.79 Å². The maximum Gasteiger partial charge on any atom is 0.261 e. The molecule has 1 aliphatic rings. The number of sulfone groups is 1. The van der Waals surface area contributed by atoms with Gasteiger partial charge in [-0.2, -0.15) is 0 Å². The summed E-state index contributed by atoms with van der Waals surface area (Å²) in [4.78, 5) is 16.3. The molecule has 114 valence electrons. The monoisotopic (exact) mass is 314 g/mol. The third-order valence-corrected chi connectivity index (χ3v) is 4.69. The summed E-state index contributed by atoms with van der Waals surface area (Å²) in [5, 5.41) is 6.12. The third kappa shape index (κ3) is 5.14. The molecule has 1 amide bonds. The van der Waals surface area contributed by atoms with Crippen molar-refractivity contribution < 1.29 is 22.4 Å². The van der Waals surface area contributed by atoms with Crippen LogP contribution >= 0.6 is 0 Å². The maximum atomic E-state index is 12.9. The van der Waals surface area contributed by atoms with E-state index in [0.29, 0.717) is 12.0 Å². The lowest BCUT2D eigenvalue weighted by Crippen LogP contribution is -2.37. The predicted octanol–water partition coefficient (Wildman–Crippen LogP) is 0.480. The average molecular weight is 314 g/mol. The number of hydrogen-bond acceptors (Lipinski definition) is 5. The molecular formula is C13H15FN2O4S. The van der Waals surface area contributed by atoms with E-state index >= 15 is 0 Å². The van der Waals surface area contributed by atoms with Crippen LogP contribution < -0.4 is 5.32 Å². The minimum absolute atomic E-state index is 0.0364. The summed E-state index contributed by atoms with van der Waals surface area (Å²) in [6, 6.07) is 5.39. The average Bonchev–Trinajstić information content (AvgIpc) is 2.74. The Hall–Kier alpha value is -1.96. The molecule has 1 aliphatic heterocycles. The van der Waals surface area contributed by atoms with Crippen LogP contribution in [0.2, 0.25) is 0 Å². The van der Waals surface area contributed by atoms with Gasteiger partial charge in [0.25, 0.3) is 5.91 Å². The molecule has 1 aromatic rings. The van der Waals surface area contributed by atoms with Crippen molar-refractivity contribution in [2.24, 2.45) is 5.16 Å². The van der Waals surface area contributed by atoms with Gasteiger partial charge in [0.2, 0.25) is 0 Å². The molecule has 1 aromatic carbocycles. The Labute approximate surface area is 121 Å². The summed E-state index contributed by atoms with van der Waals surface area (Å²) in [7, 11) is -3.03.